The van der Waals surface area contributed by atoms with Gasteiger partial charge >= 0.3 is 0 Å². The Morgan fingerprint density at radius 1 is 0.824 bits per heavy atom. The van der Waals surface area contributed by atoms with Gasteiger partial charge in [0.15, 0.2) is 5.65 Å². The Kier molecular flexibility index (Phi) is 5.42. The fourth-order valence-corrected chi connectivity index (χ4v) is 4.68. The van der Waals surface area contributed by atoms with Crippen molar-refractivity contribution in [3.05, 3.63) is 59.7 Å². The largest absolute Gasteiger partial charge is 0.383 e. The minimum absolute atomic E-state index is 0.254. The molecule has 2 N–H and O–H groups in total. The topological polar surface area (TPSA) is 76.1 Å². The highest BCUT2D eigenvalue weighted by Crippen LogP contribution is 2.34. The third-order valence-electron chi connectivity index (χ3n) is 6.72. The molecule has 5 rings (SSSR count). The van der Waals surface area contributed by atoms with E-state index in [2.05, 4.69) is 74.8 Å². The lowest BCUT2D eigenvalue weighted by Gasteiger charge is -2.37. The molecule has 0 radical (unpaired) electrons. The Balaban J connectivity index is 1.53. The SMILES string of the molecule is Cc1cccc(N2CCN(c3nc(-c4ccccc4)c4c(N)n(C(C)(C)C)nc4n3)CC2)c1C. The Bertz CT molecular complexity index is 1330. The molecule has 0 unspecified atom stereocenters. The van der Waals surface area contributed by atoms with Crippen LogP contribution in [-0.2, 0) is 5.54 Å². The summed E-state index contributed by atoms with van der Waals surface area (Å²) in [7, 11) is 0. The molecular formula is C27H33N7. The van der Waals surface area contributed by atoms with Crippen molar-refractivity contribution in [2.24, 2.45) is 0 Å². The maximum Gasteiger partial charge on any atom is 0.228 e. The lowest BCUT2D eigenvalue weighted by Crippen LogP contribution is -2.47. The number of nitrogen functional groups attached to an aromatic ring is 1. The highest BCUT2D eigenvalue weighted by Gasteiger charge is 2.27. The number of nitrogens with two attached hydrogens (primary N) is 1. The van der Waals surface area contributed by atoms with Crippen molar-refractivity contribution in [1.29, 1.82) is 0 Å². The normalized spacial score (nSPS) is 14.7. The van der Waals surface area contributed by atoms with E-state index in [4.69, 9.17) is 20.8 Å². The van der Waals surface area contributed by atoms with Gasteiger partial charge in [-0.3, -0.25) is 0 Å². The average molecular weight is 456 g/mol. The summed E-state index contributed by atoms with van der Waals surface area (Å²) in [5, 5.41) is 5.63. The van der Waals surface area contributed by atoms with Crippen LogP contribution in [0.4, 0.5) is 17.5 Å². The first-order chi connectivity index (χ1) is 16.2. The molecular weight excluding hydrogens is 422 g/mol. The first kappa shape index (κ1) is 22.2. The van der Waals surface area contributed by atoms with Gasteiger partial charge < -0.3 is 15.5 Å². The quantitative estimate of drug-likeness (QED) is 0.479. The van der Waals surface area contributed by atoms with Crippen LogP contribution in [0.2, 0.25) is 0 Å². The van der Waals surface area contributed by atoms with Gasteiger partial charge in [0, 0.05) is 37.4 Å². The monoisotopic (exact) mass is 455 g/mol. The summed E-state index contributed by atoms with van der Waals surface area (Å²) >= 11 is 0. The molecule has 0 saturated carbocycles. The summed E-state index contributed by atoms with van der Waals surface area (Å²) in [6.07, 6.45) is 0. The summed E-state index contributed by atoms with van der Waals surface area (Å²) in [6.45, 7) is 14.2. The predicted molar refractivity (Wildman–Crippen MR) is 141 cm³/mol. The third kappa shape index (κ3) is 3.85. The van der Waals surface area contributed by atoms with Crippen molar-refractivity contribution in [2.45, 2.75) is 40.2 Å². The van der Waals surface area contributed by atoms with Crippen LogP contribution in [-0.4, -0.2) is 45.9 Å². The second-order valence-corrected chi connectivity index (χ2v) is 10.1. The van der Waals surface area contributed by atoms with E-state index in [9.17, 15) is 0 Å². The molecule has 176 valence electrons. The number of nitrogens with zero attached hydrogens (tertiary/aromatic N) is 6. The van der Waals surface area contributed by atoms with Crippen LogP contribution < -0.4 is 15.5 Å². The van der Waals surface area contributed by atoms with E-state index >= 15 is 0 Å². The Morgan fingerprint density at radius 2 is 1.50 bits per heavy atom. The minimum Gasteiger partial charge on any atom is -0.383 e. The second kappa shape index (κ2) is 8.31. The van der Waals surface area contributed by atoms with E-state index in [1.165, 1.54) is 16.8 Å². The summed E-state index contributed by atoms with van der Waals surface area (Å²) in [5.74, 6) is 1.32. The molecule has 2 aromatic carbocycles. The van der Waals surface area contributed by atoms with E-state index in [-0.39, 0.29) is 5.54 Å². The highest BCUT2D eigenvalue weighted by molar-refractivity contribution is 5.99. The van der Waals surface area contributed by atoms with Gasteiger partial charge in [0.2, 0.25) is 5.95 Å². The number of anilines is 3. The molecule has 1 aliphatic heterocycles. The first-order valence-electron chi connectivity index (χ1n) is 11.9. The van der Waals surface area contributed by atoms with Crippen molar-refractivity contribution in [3.8, 4) is 11.3 Å². The fraction of sp³-hybridized carbons (Fsp3) is 0.370. The predicted octanol–water partition coefficient (Wildman–Crippen LogP) is 4.77. The van der Waals surface area contributed by atoms with Gasteiger partial charge in [0.1, 0.15) is 5.82 Å². The summed E-state index contributed by atoms with van der Waals surface area (Å²) < 4.78 is 1.86. The minimum atomic E-state index is -0.254. The van der Waals surface area contributed by atoms with E-state index in [0.29, 0.717) is 17.4 Å². The maximum absolute atomic E-state index is 6.60. The molecule has 1 fully saturated rings. The second-order valence-electron chi connectivity index (χ2n) is 10.1. The summed E-state index contributed by atoms with van der Waals surface area (Å²) in [6, 6.07) is 16.7. The van der Waals surface area contributed by atoms with Crippen LogP contribution in [0.25, 0.3) is 22.3 Å². The van der Waals surface area contributed by atoms with Crippen LogP contribution in [0.15, 0.2) is 48.5 Å². The molecule has 0 spiro atoms. The molecule has 3 heterocycles. The van der Waals surface area contributed by atoms with Gasteiger partial charge in [-0.25, -0.2) is 9.67 Å². The third-order valence-corrected chi connectivity index (χ3v) is 6.72. The molecule has 7 heteroatoms. The van der Waals surface area contributed by atoms with Crippen molar-refractivity contribution >= 4 is 28.5 Å². The maximum atomic E-state index is 6.60. The Labute approximate surface area is 201 Å². The summed E-state index contributed by atoms with van der Waals surface area (Å²) in [5.41, 5.74) is 12.8. The lowest BCUT2D eigenvalue weighted by molar-refractivity contribution is 0.364. The van der Waals surface area contributed by atoms with Gasteiger partial charge in [0.05, 0.1) is 16.6 Å². The van der Waals surface area contributed by atoms with Crippen LogP contribution in [0.3, 0.4) is 0 Å². The highest BCUT2D eigenvalue weighted by atomic mass is 15.4. The number of aryl methyl sites for hydroxylation is 1. The molecule has 4 aromatic rings. The van der Waals surface area contributed by atoms with Gasteiger partial charge in [0.25, 0.3) is 0 Å². The van der Waals surface area contributed by atoms with Crippen molar-refractivity contribution in [3.63, 3.8) is 0 Å². The van der Waals surface area contributed by atoms with Crippen LogP contribution in [0.1, 0.15) is 31.9 Å². The number of hydrogen-bond donors (Lipinski definition) is 1. The first-order valence-corrected chi connectivity index (χ1v) is 11.9. The van der Waals surface area contributed by atoms with Crippen molar-refractivity contribution in [1.82, 2.24) is 19.7 Å². The van der Waals surface area contributed by atoms with E-state index in [1.807, 2.05) is 22.9 Å². The number of hydrogen-bond acceptors (Lipinski definition) is 6. The van der Waals surface area contributed by atoms with E-state index in [1.54, 1.807) is 0 Å². The molecule has 2 aromatic heterocycles. The molecule has 7 nitrogen and oxygen atoms in total. The van der Waals surface area contributed by atoms with Gasteiger partial charge in [-0.2, -0.15) is 4.98 Å². The van der Waals surface area contributed by atoms with Crippen molar-refractivity contribution < 1.29 is 0 Å². The molecule has 34 heavy (non-hydrogen) atoms. The zero-order chi connectivity index (χ0) is 24.0. The van der Waals surface area contributed by atoms with Crippen molar-refractivity contribution in [2.75, 3.05) is 41.7 Å². The molecule has 1 aliphatic rings. The van der Waals surface area contributed by atoms with Gasteiger partial charge in [-0.1, -0.05) is 42.5 Å². The van der Waals surface area contributed by atoms with E-state index in [0.717, 1.165) is 42.8 Å². The number of aromatic nitrogens is 4. The smallest absolute Gasteiger partial charge is 0.228 e. The summed E-state index contributed by atoms with van der Waals surface area (Å²) in [4.78, 5) is 14.7. The Hall–Kier alpha value is -3.61. The van der Waals surface area contributed by atoms with E-state index < -0.39 is 0 Å². The van der Waals surface area contributed by atoms with Crippen LogP contribution >= 0.6 is 0 Å². The standard InChI is InChI=1S/C27H33N7/c1-18-10-9-13-21(19(18)2)32-14-16-33(17-15-32)26-29-23(20-11-7-6-8-12-20)22-24(28)34(27(3,4)5)31-25(22)30-26/h6-13H,14-17,28H2,1-5H3. The molecule has 1 saturated heterocycles. The number of piperazine rings is 1. The Morgan fingerprint density at radius 3 is 2.18 bits per heavy atom. The molecule has 0 amide bonds. The van der Waals surface area contributed by atoms with Crippen LogP contribution in [0, 0.1) is 13.8 Å². The number of rotatable bonds is 3. The molecule has 0 bridgehead atoms. The number of benzene rings is 2. The van der Waals surface area contributed by atoms with Crippen LogP contribution in [0.5, 0.6) is 0 Å². The number of fused-ring (bicyclic) bond motifs is 1. The molecule has 0 aliphatic carbocycles. The van der Waals surface area contributed by atoms with Gasteiger partial charge in [-0.15, -0.1) is 5.10 Å². The fourth-order valence-electron chi connectivity index (χ4n) is 4.68. The average Bonchev–Trinajstić information content (AvgIpc) is 3.18. The zero-order valence-corrected chi connectivity index (χ0v) is 20.7. The molecule has 0 atom stereocenters. The zero-order valence-electron chi connectivity index (χ0n) is 20.7. The van der Waals surface area contributed by atoms with Gasteiger partial charge in [-0.05, 0) is 51.8 Å². The lowest BCUT2D eigenvalue weighted by atomic mass is 10.1.